The number of allylic oxidation sites excluding steroid dienone is 4. The van der Waals surface area contributed by atoms with Crippen LogP contribution in [0.1, 0.15) is 12.8 Å². The van der Waals surface area contributed by atoms with Gasteiger partial charge in [-0.05, 0) is 24.7 Å². The van der Waals surface area contributed by atoms with E-state index in [0.29, 0.717) is 0 Å². The lowest BCUT2D eigenvalue weighted by atomic mass is 9.59. The predicted molar refractivity (Wildman–Crippen MR) is 75.6 cm³/mol. The van der Waals surface area contributed by atoms with Crippen molar-refractivity contribution >= 4 is 34.8 Å². The van der Waals surface area contributed by atoms with Crippen LogP contribution in [-0.4, -0.2) is 21.3 Å². The maximum Gasteiger partial charge on any atom is 0.161 e. The number of carbonyl (C=O) groups is 2. The number of alkyl halides is 2. The molecule has 0 aromatic heterocycles. The molecule has 4 bridgehead atoms. The highest BCUT2D eigenvalue weighted by Gasteiger charge is 2.76. The van der Waals surface area contributed by atoms with Crippen LogP contribution < -0.4 is 0 Å². The van der Waals surface area contributed by atoms with Crippen LogP contribution in [-0.2, 0) is 9.59 Å². The molecule has 0 saturated heterocycles. The zero-order valence-corrected chi connectivity index (χ0v) is 12.3. The monoisotopic (exact) mass is 308 g/mol. The molecule has 104 valence electrons. The molecule has 5 aliphatic carbocycles. The minimum Gasteiger partial charge on any atom is -0.297 e. The van der Waals surface area contributed by atoms with Crippen molar-refractivity contribution in [3.05, 3.63) is 24.3 Å². The van der Waals surface area contributed by atoms with Crippen molar-refractivity contribution in [2.75, 3.05) is 0 Å². The zero-order valence-electron chi connectivity index (χ0n) is 10.8. The van der Waals surface area contributed by atoms with Gasteiger partial charge in [-0.15, -0.1) is 23.2 Å². The molecule has 0 N–H and O–H groups in total. The SMILES string of the molecule is O=C1[C@H]2[C@H]3C=C[C@@H](C3)[C@@]2(Cl)C(=O)[C@@H]2[C@@H]3C=C[C@H](C3)[C@@]12Cl. The lowest BCUT2D eigenvalue weighted by Crippen LogP contribution is -2.65. The Labute approximate surface area is 127 Å². The number of hydrogen-bond acceptors (Lipinski definition) is 2. The second kappa shape index (κ2) is 3.25. The summed E-state index contributed by atoms with van der Waals surface area (Å²) in [6.07, 6.45) is 9.84. The largest absolute Gasteiger partial charge is 0.297 e. The number of halogens is 2. The Kier molecular flexibility index (Phi) is 1.95. The second-order valence-electron chi connectivity index (χ2n) is 7.00. The van der Waals surface area contributed by atoms with Crippen molar-refractivity contribution in [3.8, 4) is 0 Å². The quantitative estimate of drug-likeness (QED) is 0.509. The Bertz CT molecular complexity index is 570. The van der Waals surface area contributed by atoms with Crippen molar-refractivity contribution in [1.82, 2.24) is 0 Å². The van der Waals surface area contributed by atoms with Gasteiger partial charge in [0.15, 0.2) is 11.6 Å². The maximum atomic E-state index is 13.1. The first-order chi connectivity index (χ1) is 9.49. The normalized spacial score (nSPS) is 61.3. The van der Waals surface area contributed by atoms with E-state index in [1.807, 2.05) is 12.2 Å². The summed E-state index contributed by atoms with van der Waals surface area (Å²) >= 11 is 13.6. The Morgan fingerprint density at radius 2 is 1.20 bits per heavy atom. The van der Waals surface area contributed by atoms with Gasteiger partial charge in [-0.1, -0.05) is 24.3 Å². The van der Waals surface area contributed by atoms with Gasteiger partial charge in [-0.3, -0.25) is 9.59 Å². The van der Waals surface area contributed by atoms with Gasteiger partial charge in [-0.2, -0.15) is 0 Å². The van der Waals surface area contributed by atoms with E-state index in [4.69, 9.17) is 23.2 Å². The van der Waals surface area contributed by atoms with Gasteiger partial charge >= 0.3 is 0 Å². The fourth-order valence-corrected chi connectivity index (χ4v) is 6.66. The average molecular weight is 309 g/mol. The highest BCUT2D eigenvalue weighted by Crippen LogP contribution is 2.67. The van der Waals surface area contributed by atoms with Crippen LogP contribution in [0.5, 0.6) is 0 Å². The summed E-state index contributed by atoms with van der Waals surface area (Å²) in [6.45, 7) is 0. The molecule has 0 aliphatic heterocycles. The minimum absolute atomic E-state index is 0.0138. The summed E-state index contributed by atoms with van der Waals surface area (Å²) in [5, 5.41) is 0. The molecule has 0 spiro atoms. The molecule has 0 amide bonds. The fourth-order valence-electron chi connectivity index (χ4n) is 5.58. The van der Waals surface area contributed by atoms with Gasteiger partial charge in [0, 0.05) is 11.8 Å². The van der Waals surface area contributed by atoms with Gasteiger partial charge in [0.05, 0.1) is 11.8 Å². The Morgan fingerprint density at radius 1 is 0.800 bits per heavy atom. The molecule has 3 saturated carbocycles. The van der Waals surface area contributed by atoms with E-state index in [1.165, 1.54) is 0 Å². The Balaban J connectivity index is 1.74. The van der Waals surface area contributed by atoms with Crippen LogP contribution in [0.15, 0.2) is 24.3 Å². The van der Waals surface area contributed by atoms with Crippen molar-refractivity contribution in [2.45, 2.75) is 22.6 Å². The van der Waals surface area contributed by atoms with Gasteiger partial charge < -0.3 is 0 Å². The van der Waals surface area contributed by atoms with E-state index in [-0.39, 0.29) is 35.2 Å². The number of carbonyl (C=O) groups excluding carboxylic acids is 2. The van der Waals surface area contributed by atoms with Crippen LogP contribution in [0.3, 0.4) is 0 Å². The van der Waals surface area contributed by atoms with Gasteiger partial charge in [0.1, 0.15) is 9.75 Å². The van der Waals surface area contributed by atoms with E-state index >= 15 is 0 Å². The van der Waals surface area contributed by atoms with Crippen LogP contribution >= 0.6 is 23.2 Å². The molecule has 0 unspecified atom stereocenters. The third-order valence-corrected chi connectivity index (χ3v) is 7.80. The molecule has 20 heavy (non-hydrogen) atoms. The van der Waals surface area contributed by atoms with Crippen molar-refractivity contribution in [3.63, 3.8) is 0 Å². The van der Waals surface area contributed by atoms with Gasteiger partial charge in [0.2, 0.25) is 0 Å². The van der Waals surface area contributed by atoms with E-state index < -0.39 is 21.6 Å². The highest BCUT2D eigenvalue weighted by atomic mass is 35.5. The summed E-state index contributed by atoms with van der Waals surface area (Å²) in [5.41, 5.74) is 0. The second-order valence-corrected chi connectivity index (χ2v) is 8.25. The standard InChI is InChI=1S/C16H14Cl2O2/c17-15-9-3-1-7(5-9)11(15)13(19)16(18)10-4-2-8(6-10)12(16)14(15)20/h1-4,7-12H,5-6H2/t7-,8+,9-,10+,11+,12-,15-,16-/m0/s1. The lowest BCUT2D eigenvalue weighted by molar-refractivity contribution is -0.144. The smallest absolute Gasteiger partial charge is 0.161 e. The molecular formula is C16H14Cl2O2. The molecule has 0 aromatic rings. The molecule has 0 aromatic carbocycles. The fraction of sp³-hybridized carbons (Fsp3) is 0.625. The van der Waals surface area contributed by atoms with E-state index in [1.54, 1.807) is 0 Å². The topological polar surface area (TPSA) is 34.1 Å². The number of Topliss-reactive ketones (excluding diaryl/α,β-unsaturated/α-hetero) is 2. The minimum atomic E-state index is -1.02. The summed E-state index contributed by atoms with van der Waals surface area (Å²) < 4.78 is 0. The predicted octanol–water partition coefficient (Wildman–Crippen LogP) is 2.74. The van der Waals surface area contributed by atoms with Crippen molar-refractivity contribution in [1.29, 1.82) is 0 Å². The van der Waals surface area contributed by atoms with Crippen LogP contribution in [0.25, 0.3) is 0 Å². The van der Waals surface area contributed by atoms with Gasteiger partial charge in [-0.25, -0.2) is 0 Å². The third kappa shape index (κ3) is 0.972. The number of ketones is 2. The van der Waals surface area contributed by atoms with E-state index in [0.717, 1.165) is 12.8 Å². The molecular weight excluding hydrogens is 295 g/mol. The lowest BCUT2D eigenvalue weighted by Gasteiger charge is -2.49. The summed E-state index contributed by atoms with van der Waals surface area (Å²) in [4.78, 5) is 24.2. The molecule has 3 fully saturated rings. The Hall–Kier alpha value is -0.600. The first-order valence-corrected chi connectivity index (χ1v) is 8.07. The first kappa shape index (κ1) is 12.0. The van der Waals surface area contributed by atoms with E-state index in [9.17, 15) is 9.59 Å². The molecule has 2 nitrogen and oxygen atoms in total. The van der Waals surface area contributed by atoms with Gasteiger partial charge in [0.25, 0.3) is 0 Å². The number of rotatable bonds is 0. The van der Waals surface area contributed by atoms with Crippen molar-refractivity contribution in [2.24, 2.45) is 35.5 Å². The Morgan fingerprint density at radius 3 is 1.60 bits per heavy atom. The highest BCUT2D eigenvalue weighted by molar-refractivity contribution is 6.46. The van der Waals surface area contributed by atoms with Crippen LogP contribution in [0.4, 0.5) is 0 Å². The molecule has 0 radical (unpaired) electrons. The molecule has 5 aliphatic rings. The molecule has 4 heteroatoms. The maximum absolute atomic E-state index is 13.1. The molecule has 0 heterocycles. The summed E-state index contributed by atoms with van der Waals surface area (Å²) in [5.74, 6) is -0.511. The van der Waals surface area contributed by atoms with E-state index in [2.05, 4.69) is 12.2 Å². The summed E-state index contributed by atoms with van der Waals surface area (Å²) in [6, 6.07) is 0. The summed E-state index contributed by atoms with van der Waals surface area (Å²) in [7, 11) is 0. The number of fused-ring (bicyclic) bond motifs is 10. The third-order valence-electron chi connectivity index (χ3n) is 6.39. The zero-order chi connectivity index (χ0) is 13.9. The number of hydrogen-bond donors (Lipinski definition) is 0. The first-order valence-electron chi connectivity index (χ1n) is 7.32. The van der Waals surface area contributed by atoms with Crippen molar-refractivity contribution < 1.29 is 9.59 Å². The average Bonchev–Trinajstić information content (AvgIpc) is 3.14. The van der Waals surface area contributed by atoms with Crippen LogP contribution in [0, 0.1) is 35.5 Å². The molecule has 8 atom stereocenters. The van der Waals surface area contributed by atoms with Crippen LogP contribution in [0.2, 0.25) is 0 Å². The molecule has 5 rings (SSSR count).